The first kappa shape index (κ1) is 16.2. The van der Waals surface area contributed by atoms with Gasteiger partial charge in [0.25, 0.3) is 5.89 Å². The van der Waals surface area contributed by atoms with E-state index in [0.717, 1.165) is 22.6 Å². The van der Waals surface area contributed by atoms with Gasteiger partial charge in [0.05, 0.1) is 7.11 Å². The van der Waals surface area contributed by atoms with Crippen LogP contribution in [0, 0.1) is 6.92 Å². The van der Waals surface area contributed by atoms with Gasteiger partial charge in [-0.1, -0.05) is 5.16 Å². The Bertz CT molecular complexity index is 1030. The lowest BCUT2D eigenvalue weighted by atomic mass is 10.2. The number of thiophene rings is 1. The average molecular weight is 365 g/mol. The summed E-state index contributed by atoms with van der Waals surface area (Å²) in [5.41, 5.74) is 3.49. The minimum Gasteiger partial charge on any atom is -0.497 e. The molecule has 4 rings (SSSR count). The first-order valence-corrected chi connectivity index (χ1v) is 8.77. The fourth-order valence-electron chi connectivity index (χ4n) is 2.46. The van der Waals surface area contributed by atoms with Crippen molar-refractivity contribution < 1.29 is 9.26 Å². The van der Waals surface area contributed by atoms with Crippen LogP contribution in [0.15, 0.2) is 52.1 Å². The van der Waals surface area contributed by atoms with Crippen LogP contribution in [0.5, 0.6) is 5.75 Å². The van der Waals surface area contributed by atoms with Crippen molar-refractivity contribution >= 4 is 22.8 Å². The Kier molecular flexibility index (Phi) is 4.32. The van der Waals surface area contributed by atoms with E-state index in [4.69, 9.17) is 9.26 Å². The molecule has 0 amide bonds. The molecule has 0 unspecified atom stereocenters. The van der Waals surface area contributed by atoms with Crippen LogP contribution in [0.1, 0.15) is 5.56 Å². The number of ether oxygens (including phenoxy) is 1. The zero-order valence-corrected chi connectivity index (χ0v) is 14.9. The Hall–Kier alpha value is -3.26. The normalized spacial score (nSPS) is 10.7. The number of aromatic nitrogens is 4. The van der Waals surface area contributed by atoms with Crippen molar-refractivity contribution in [1.82, 2.24) is 20.1 Å². The van der Waals surface area contributed by atoms with E-state index in [0.29, 0.717) is 23.1 Å². The summed E-state index contributed by atoms with van der Waals surface area (Å²) in [4.78, 5) is 12.9. The van der Waals surface area contributed by atoms with E-state index in [-0.39, 0.29) is 0 Å². The van der Waals surface area contributed by atoms with Crippen molar-refractivity contribution in [2.45, 2.75) is 6.92 Å². The van der Waals surface area contributed by atoms with Gasteiger partial charge in [-0.15, -0.1) is 0 Å². The molecule has 0 spiro atoms. The van der Waals surface area contributed by atoms with Gasteiger partial charge in [0.2, 0.25) is 5.82 Å². The van der Waals surface area contributed by atoms with Crippen LogP contribution in [-0.4, -0.2) is 27.2 Å². The summed E-state index contributed by atoms with van der Waals surface area (Å²) >= 11 is 1.58. The summed E-state index contributed by atoms with van der Waals surface area (Å²) in [6.45, 7) is 1.99. The zero-order chi connectivity index (χ0) is 17.9. The fraction of sp³-hybridized carbons (Fsp3) is 0.111. The van der Waals surface area contributed by atoms with Crippen LogP contribution >= 0.6 is 11.3 Å². The summed E-state index contributed by atoms with van der Waals surface area (Å²) in [5.74, 6) is 2.29. The van der Waals surface area contributed by atoms with E-state index in [2.05, 4.69) is 25.4 Å². The average Bonchev–Trinajstić information content (AvgIpc) is 3.35. The second-order valence-electron chi connectivity index (χ2n) is 5.53. The number of hydrogen-bond acceptors (Lipinski definition) is 8. The number of nitrogens with one attached hydrogen (secondary N) is 1. The summed E-state index contributed by atoms with van der Waals surface area (Å²) in [7, 11) is 1.64. The first-order valence-electron chi connectivity index (χ1n) is 7.83. The van der Waals surface area contributed by atoms with Crippen LogP contribution in [-0.2, 0) is 0 Å². The predicted octanol–water partition coefficient (Wildman–Crippen LogP) is 4.32. The van der Waals surface area contributed by atoms with E-state index in [1.807, 2.05) is 41.9 Å². The van der Waals surface area contributed by atoms with Crippen LogP contribution in [0.4, 0.5) is 11.5 Å². The van der Waals surface area contributed by atoms with Crippen LogP contribution < -0.4 is 10.1 Å². The van der Waals surface area contributed by atoms with E-state index < -0.39 is 0 Å². The number of methoxy groups -OCH3 is 1. The lowest BCUT2D eigenvalue weighted by Gasteiger charge is -2.11. The minimum atomic E-state index is 0.362. The standard InChI is InChI=1S/C18H15N5O2S/c1-11-7-13(24-2)3-4-15(11)21-17-14(8-19-10-20-17)18-22-16(23-25-18)12-5-6-26-9-12/h3-10H,1-2H3,(H,19,20,21). The number of nitrogens with zero attached hydrogens (tertiary/aromatic N) is 4. The molecule has 3 heterocycles. The summed E-state index contributed by atoms with van der Waals surface area (Å²) in [6.07, 6.45) is 3.12. The van der Waals surface area contributed by atoms with Gasteiger partial charge >= 0.3 is 0 Å². The third-order valence-corrected chi connectivity index (χ3v) is 4.52. The molecule has 0 saturated heterocycles. The molecule has 1 N–H and O–H groups in total. The SMILES string of the molecule is COc1ccc(Nc2ncncc2-c2nc(-c3ccsc3)no2)c(C)c1. The summed E-state index contributed by atoms with van der Waals surface area (Å²) in [6, 6.07) is 7.72. The maximum absolute atomic E-state index is 5.42. The van der Waals surface area contributed by atoms with Gasteiger partial charge in [-0.05, 0) is 42.1 Å². The van der Waals surface area contributed by atoms with Crippen LogP contribution in [0.25, 0.3) is 22.8 Å². The molecule has 1 aromatic carbocycles. The van der Waals surface area contributed by atoms with Gasteiger partial charge in [0.1, 0.15) is 23.5 Å². The van der Waals surface area contributed by atoms with E-state index >= 15 is 0 Å². The highest BCUT2D eigenvalue weighted by Crippen LogP contribution is 2.30. The number of rotatable bonds is 5. The van der Waals surface area contributed by atoms with Gasteiger partial charge < -0.3 is 14.6 Å². The maximum atomic E-state index is 5.42. The van der Waals surface area contributed by atoms with Crippen molar-refractivity contribution in [3.63, 3.8) is 0 Å². The molecule has 0 aliphatic rings. The van der Waals surface area contributed by atoms with E-state index in [1.54, 1.807) is 24.6 Å². The topological polar surface area (TPSA) is 86.0 Å². The van der Waals surface area contributed by atoms with Gasteiger partial charge in [0, 0.05) is 22.8 Å². The van der Waals surface area contributed by atoms with Crippen molar-refractivity contribution in [2.24, 2.45) is 0 Å². The third kappa shape index (κ3) is 3.14. The van der Waals surface area contributed by atoms with E-state index in [1.165, 1.54) is 6.33 Å². The number of hydrogen-bond donors (Lipinski definition) is 1. The van der Waals surface area contributed by atoms with Crippen molar-refractivity contribution in [2.75, 3.05) is 12.4 Å². The zero-order valence-electron chi connectivity index (χ0n) is 14.1. The molecule has 0 atom stereocenters. The first-order chi connectivity index (χ1) is 12.7. The Labute approximate surface area is 153 Å². The molecular formula is C18H15N5O2S. The number of anilines is 2. The molecule has 4 aromatic rings. The van der Waals surface area contributed by atoms with E-state index in [9.17, 15) is 0 Å². The second kappa shape index (κ2) is 6.93. The lowest BCUT2D eigenvalue weighted by Crippen LogP contribution is -1.99. The lowest BCUT2D eigenvalue weighted by molar-refractivity contribution is 0.414. The second-order valence-corrected chi connectivity index (χ2v) is 6.31. The molecule has 7 nitrogen and oxygen atoms in total. The molecule has 0 radical (unpaired) electrons. The predicted molar refractivity (Wildman–Crippen MR) is 99.7 cm³/mol. The van der Waals surface area contributed by atoms with Crippen molar-refractivity contribution in [3.05, 3.63) is 53.1 Å². The highest BCUT2D eigenvalue weighted by molar-refractivity contribution is 7.08. The quantitative estimate of drug-likeness (QED) is 0.564. The summed E-state index contributed by atoms with van der Waals surface area (Å²) < 4.78 is 10.7. The van der Waals surface area contributed by atoms with Crippen molar-refractivity contribution in [3.8, 4) is 28.6 Å². The molecule has 0 fully saturated rings. The number of aryl methyl sites for hydroxylation is 1. The van der Waals surface area contributed by atoms with Gasteiger partial charge in [-0.2, -0.15) is 16.3 Å². The Morgan fingerprint density at radius 2 is 2.15 bits per heavy atom. The molecule has 0 aliphatic carbocycles. The third-order valence-electron chi connectivity index (χ3n) is 3.83. The molecule has 130 valence electrons. The maximum Gasteiger partial charge on any atom is 0.263 e. The highest BCUT2D eigenvalue weighted by atomic mass is 32.1. The fourth-order valence-corrected chi connectivity index (χ4v) is 3.09. The summed E-state index contributed by atoms with van der Waals surface area (Å²) in [5, 5.41) is 11.3. The Morgan fingerprint density at radius 3 is 2.92 bits per heavy atom. The van der Waals surface area contributed by atoms with Gasteiger partial charge in [0.15, 0.2) is 0 Å². The molecule has 0 bridgehead atoms. The molecule has 3 aromatic heterocycles. The van der Waals surface area contributed by atoms with Gasteiger partial charge in [-0.25, -0.2) is 9.97 Å². The van der Waals surface area contributed by atoms with Gasteiger partial charge in [-0.3, -0.25) is 0 Å². The molecule has 0 aliphatic heterocycles. The highest BCUT2D eigenvalue weighted by Gasteiger charge is 2.16. The molecular weight excluding hydrogens is 350 g/mol. The molecule has 8 heteroatoms. The Balaban J connectivity index is 1.67. The minimum absolute atomic E-state index is 0.362. The van der Waals surface area contributed by atoms with Crippen LogP contribution in [0.2, 0.25) is 0 Å². The van der Waals surface area contributed by atoms with Crippen molar-refractivity contribution in [1.29, 1.82) is 0 Å². The monoisotopic (exact) mass is 365 g/mol. The smallest absolute Gasteiger partial charge is 0.263 e. The molecule has 26 heavy (non-hydrogen) atoms. The van der Waals surface area contributed by atoms with Crippen LogP contribution in [0.3, 0.4) is 0 Å². The Morgan fingerprint density at radius 1 is 1.23 bits per heavy atom. The number of benzene rings is 1. The largest absolute Gasteiger partial charge is 0.497 e. The molecule has 0 saturated carbocycles.